The van der Waals surface area contributed by atoms with Crippen LogP contribution in [0.4, 0.5) is 0 Å². The number of nitrogens with zero attached hydrogens (tertiary/aromatic N) is 2. The van der Waals surface area contributed by atoms with Gasteiger partial charge in [-0.3, -0.25) is 9.59 Å². The van der Waals surface area contributed by atoms with E-state index in [0.29, 0.717) is 49.7 Å². The number of hydrogen-bond donors (Lipinski definition) is 0. The van der Waals surface area contributed by atoms with E-state index in [1.165, 1.54) is 7.11 Å². The molecular formula is C28H34N2O5S. The Morgan fingerprint density at radius 1 is 0.917 bits per heavy atom. The number of aryl methyl sites for hydroxylation is 1. The Labute approximate surface area is 217 Å². The van der Waals surface area contributed by atoms with Crippen molar-refractivity contribution in [2.45, 2.75) is 26.4 Å². The van der Waals surface area contributed by atoms with E-state index in [1.807, 2.05) is 47.5 Å². The van der Waals surface area contributed by atoms with Gasteiger partial charge in [-0.05, 0) is 48.1 Å². The summed E-state index contributed by atoms with van der Waals surface area (Å²) in [7, 11) is 4.69. The molecule has 8 heteroatoms. The van der Waals surface area contributed by atoms with E-state index >= 15 is 0 Å². The van der Waals surface area contributed by atoms with Crippen LogP contribution < -0.4 is 9.47 Å². The first-order valence-electron chi connectivity index (χ1n) is 11.8. The molecular weight excluding hydrogens is 476 g/mol. The molecule has 0 aliphatic carbocycles. The smallest absolute Gasteiger partial charge is 0.258 e. The van der Waals surface area contributed by atoms with E-state index in [9.17, 15) is 9.59 Å². The Hall–Kier alpha value is -3.36. The van der Waals surface area contributed by atoms with Crippen LogP contribution in [-0.4, -0.2) is 62.6 Å². The molecule has 0 atom stereocenters. The van der Waals surface area contributed by atoms with Gasteiger partial charge in [0.1, 0.15) is 18.0 Å². The Kier molecular flexibility index (Phi) is 10.3. The zero-order valence-electron chi connectivity index (χ0n) is 21.4. The van der Waals surface area contributed by atoms with Crippen molar-refractivity contribution in [3.8, 4) is 11.5 Å². The fraction of sp³-hybridized carbons (Fsp3) is 0.357. The van der Waals surface area contributed by atoms with Gasteiger partial charge in [-0.1, -0.05) is 30.3 Å². The number of amides is 2. The number of carbonyl (C=O) groups is 2. The van der Waals surface area contributed by atoms with E-state index < -0.39 is 0 Å². The summed E-state index contributed by atoms with van der Waals surface area (Å²) in [4.78, 5) is 31.8. The maximum atomic E-state index is 13.7. The third-order valence-electron chi connectivity index (χ3n) is 5.90. The molecule has 2 aromatic carbocycles. The molecule has 0 N–H and O–H groups in total. The molecule has 0 aliphatic heterocycles. The Balaban J connectivity index is 1.86. The molecule has 0 radical (unpaired) electrons. The van der Waals surface area contributed by atoms with Crippen LogP contribution in [0.15, 0.2) is 60.0 Å². The zero-order valence-corrected chi connectivity index (χ0v) is 22.2. The lowest BCUT2D eigenvalue weighted by molar-refractivity contribution is -0.133. The van der Waals surface area contributed by atoms with Gasteiger partial charge in [0.15, 0.2) is 0 Å². The summed E-state index contributed by atoms with van der Waals surface area (Å²) in [5.74, 6) is 0.598. The fourth-order valence-corrected chi connectivity index (χ4v) is 4.76. The zero-order chi connectivity index (χ0) is 25.9. The standard InChI is InChI=1S/C28H34N2O5S/c1-21-13-16-36-26(21)19-30(18-22-9-6-5-7-10-22)27(31)20-29(14-8-15-33-2)28(32)24-12-11-23(34-3)17-25(24)35-4/h5-7,9-13,16-17H,8,14-15,18-20H2,1-4H3. The Bertz CT molecular complexity index is 1130. The fourth-order valence-electron chi connectivity index (χ4n) is 3.84. The maximum Gasteiger partial charge on any atom is 0.258 e. The molecule has 36 heavy (non-hydrogen) atoms. The highest BCUT2D eigenvalue weighted by molar-refractivity contribution is 7.10. The molecule has 1 aromatic heterocycles. The van der Waals surface area contributed by atoms with Gasteiger partial charge in [0.25, 0.3) is 5.91 Å². The first-order chi connectivity index (χ1) is 17.5. The lowest BCUT2D eigenvalue weighted by Gasteiger charge is -2.28. The van der Waals surface area contributed by atoms with Crippen molar-refractivity contribution in [1.29, 1.82) is 0 Å². The van der Waals surface area contributed by atoms with Gasteiger partial charge < -0.3 is 24.0 Å². The summed E-state index contributed by atoms with van der Waals surface area (Å²) in [6, 6.07) is 17.0. The lowest BCUT2D eigenvalue weighted by Crippen LogP contribution is -2.43. The second kappa shape index (κ2) is 13.7. The third-order valence-corrected chi connectivity index (χ3v) is 6.91. The molecule has 0 spiro atoms. The minimum Gasteiger partial charge on any atom is -0.497 e. The topological polar surface area (TPSA) is 68.3 Å². The normalized spacial score (nSPS) is 10.7. The molecule has 0 fully saturated rings. The molecule has 0 saturated carbocycles. The monoisotopic (exact) mass is 510 g/mol. The predicted molar refractivity (Wildman–Crippen MR) is 142 cm³/mol. The first-order valence-corrected chi connectivity index (χ1v) is 12.7. The largest absolute Gasteiger partial charge is 0.497 e. The number of rotatable bonds is 13. The van der Waals surface area contributed by atoms with E-state index in [0.717, 1.165) is 16.0 Å². The molecule has 0 saturated heterocycles. The molecule has 0 bridgehead atoms. The highest BCUT2D eigenvalue weighted by Crippen LogP contribution is 2.26. The van der Waals surface area contributed by atoms with Crippen molar-refractivity contribution in [3.63, 3.8) is 0 Å². The summed E-state index contributed by atoms with van der Waals surface area (Å²) in [6.07, 6.45) is 0.608. The molecule has 3 aromatic rings. The lowest BCUT2D eigenvalue weighted by atomic mass is 10.1. The second-order valence-electron chi connectivity index (χ2n) is 8.40. The molecule has 1 heterocycles. The van der Waals surface area contributed by atoms with Crippen molar-refractivity contribution in [2.75, 3.05) is 41.0 Å². The second-order valence-corrected chi connectivity index (χ2v) is 9.40. The minimum atomic E-state index is -0.272. The SMILES string of the molecule is COCCCN(CC(=O)N(Cc1ccccc1)Cc1sccc1C)C(=O)c1ccc(OC)cc1OC. The van der Waals surface area contributed by atoms with Crippen molar-refractivity contribution in [3.05, 3.63) is 81.5 Å². The van der Waals surface area contributed by atoms with Gasteiger partial charge >= 0.3 is 0 Å². The van der Waals surface area contributed by atoms with Crippen molar-refractivity contribution in [2.24, 2.45) is 0 Å². The average Bonchev–Trinajstić information content (AvgIpc) is 3.31. The number of carbonyl (C=O) groups excluding carboxylic acids is 2. The van der Waals surface area contributed by atoms with Gasteiger partial charge in [0, 0.05) is 37.7 Å². The summed E-state index contributed by atoms with van der Waals surface area (Å²) in [5.41, 5.74) is 2.57. The van der Waals surface area contributed by atoms with E-state index in [2.05, 4.69) is 6.07 Å². The summed E-state index contributed by atoms with van der Waals surface area (Å²) in [5, 5.41) is 2.03. The summed E-state index contributed by atoms with van der Waals surface area (Å²) >= 11 is 1.63. The number of methoxy groups -OCH3 is 3. The predicted octanol–water partition coefficient (Wildman–Crippen LogP) is 4.78. The maximum absolute atomic E-state index is 13.7. The number of benzene rings is 2. The van der Waals surface area contributed by atoms with Crippen LogP contribution in [0.3, 0.4) is 0 Å². The van der Waals surface area contributed by atoms with Crippen LogP contribution in [0.25, 0.3) is 0 Å². The molecule has 3 rings (SSSR count). The van der Waals surface area contributed by atoms with Crippen molar-refractivity contribution < 1.29 is 23.8 Å². The number of ether oxygens (including phenoxy) is 3. The van der Waals surface area contributed by atoms with Crippen LogP contribution in [0.5, 0.6) is 11.5 Å². The Morgan fingerprint density at radius 3 is 2.33 bits per heavy atom. The molecule has 192 valence electrons. The van der Waals surface area contributed by atoms with Crippen LogP contribution in [-0.2, 0) is 22.6 Å². The van der Waals surface area contributed by atoms with Crippen molar-refractivity contribution in [1.82, 2.24) is 9.80 Å². The van der Waals surface area contributed by atoms with Gasteiger partial charge in [0.05, 0.1) is 26.3 Å². The number of hydrogen-bond acceptors (Lipinski definition) is 6. The van der Waals surface area contributed by atoms with Crippen LogP contribution >= 0.6 is 11.3 Å². The molecule has 0 aliphatic rings. The van der Waals surface area contributed by atoms with Gasteiger partial charge in [-0.25, -0.2) is 0 Å². The molecule has 0 unspecified atom stereocenters. The average molecular weight is 511 g/mol. The number of thiophene rings is 1. The third kappa shape index (κ3) is 7.32. The molecule has 2 amide bonds. The van der Waals surface area contributed by atoms with Crippen molar-refractivity contribution >= 4 is 23.2 Å². The van der Waals surface area contributed by atoms with Gasteiger partial charge in [-0.15, -0.1) is 11.3 Å². The quantitative estimate of drug-likeness (QED) is 0.310. The summed E-state index contributed by atoms with van der Waals surface area (Å²) < 4.78 is 15.9. The van der Waals surface area contributed by atoms with Crippen LogP contribution in [0.2, 0.25) is 0 Å². The van der Waals surface area contributed by atoms with Gasteiger partial charge in [-0.2, -0.15) is 0 Å². The molecule has 7 nitrogen and oxygen atoms in total. The first kappa shape index (κ1) is 27.2. The minimum absolute atomic E-state index is 0.0466. The van der Waals surface area contributed by atoms with E-state index in [-0.39, 0.29) is 18.4 Å². The van der Waals surface area contributed by atoms with E-state index in [1.54, 1.807) is 48.7 Å². The highest BCUT2D eigenvalue weighted by atomic mass is 32.1. The van der Waals surface area contributed by atoms with E-state index in [4.69, 9.17) is 14.2 Å². The van der Waals surface area contributed by atoms with Crippen LogP contribution in [0.1, 0.15) is 32.8 Å². The van der Waals surface area contributed by atoms with Crippen LogP contribution in [0, 0.1) is 6.92 Å². The Morgan fingerprint density at radius 2 is 1.69 bits per heavy atom. The summed E-state index contributed by atoms with van der Waals surface area (Å²) in [6.45, 7) is 3.82. The highest BCUT2D eigenvalue weighted by Gasteiger charge is 2.25. The van der Waals surface area contributed by atoms with Gasteiger partial charge in [0.2, 0.25) is 5.91 Å².